The van der Waals surface area contributed by atoms with Gasteiger partial charge in [0.15, 0.2) is 0 Å². The zero-order valence-corrected chi connectivity index (χ0v) is 15.1. The SMILES string of the molecule is C=CCN1C(=O)c2sccc2N(Cc2ccc(OC)cc2)C(=O)[C@@H]1C. The van der Waals surface area contributed by atoms with Gasteiger partial charge in [0, 0.05) is 6.54 Å². The fourth-order valence-electron chi connectivity index (χ4n) is 2.92. The number of fused-ring (bicyclic) bond motifs is 1. The van der Waals surface area contributed by atoms with Crippen molar-refractivity contribution in [2.24, 2.45) is 0 Å². The Hall–Kier alpha value is -2.60. The van der Waals surface area contributed by atoms with Crippen LogP contribution in [0.2, 0.25) is 0 Å². The summed E-state index contributed by atoms with van der Waals surface area (Å²) >= 11 is 1.36. The van der Waals surface area contributed by atoms with Crippen molar-refractivity contribution in [2.75, 3.05) is 18.6 Å². The third kappa shape index (κ3) is 3.17. The summed E-state index contributed by atoms with van der Waals surface area (Å²) < 4.78 is 5.18. The number of ether oxygens (including phenoxy) is 1. The van der Waals surface area contributed by atoms with Crippen LogP contribution in [0.1, 0.15) is 22.2 Å². The highest BCUT2D eigenvalue weighted by molar-refractivity contribution is 7.12. The van der Waals surface area contributed by atoms with E-state index in [0.717, 1.165) is 11.3 Å². The number of hydrogen-bond acceptors (Lipinski definition) is 4. The number of benzene rings is 1. The van der Waals surface area contributed by atoms with Crippen LogP contribution in [0.4, 0.5) is 5.69 Å². The third-order valence-electron chi connectivity index (χ3n) is 4.31. The van der Waals surface area contributed by atoms with Crippen LogP contribution in [0.25, 0.3) is 0 Å². The minimum atomic E-state index is -0.539. The molecular formula is C19H20N2O3S. The molecule has 1 atom stereocenters. The van der Waals surface area contributed by atoms with E-state index < -0.39 is 6.04 Å². The first kappa shape index (κ1) is 17.2. The molecule has 0 unspecified atom stereocenters. The Bertz CT molecular complexity index is 797. The zero-order chi connectivity index (χ0) is 18.0. The van der Waals surface area contributed by atoms with Crippen molar-refractivity contribution < 1.29 is 14.3 Å². The van der Waals surface area contributed by atoms with Crippen LogP contribution >= 0.6 is 11.3 Å². The van der Waals surface area contributed by atoms with Gasteiger partial charge in [0.25, 0.3) is 5.91 Å². The number of carbonyl (C=O) groups is 2. The fraction of sp³-hybridized carbons (Fsp3) is 0.263. The lowest BCUT2D eigenvalue weighted by Gasteiger charge is -2.27. The average Bonchev–Trinajstić information content (AvgIpc) is 3.10. The van der Waals surface area contributed by atoms with Crippen LogP contribution in [0, 0.1) is 0 Å². The molecule has 2 amide bonds. The Labute approximate surface area is 151 Å². The van der Waals surface area contributed by atoms with E-state index in [4.69, 9.17) is 4.74 Å². The minimum absolute atomic E-state index is 0.0943. The van der Waals surface area contributed by atoms with Gasteiger partial charge in [-0.2, -0.15) is 0 Å². The number of rotatable bonds is 5. The van der Waals surface area contributed by atoms with Crippen LogP contribution in [0.3, 0.4) is 0 Å². The summed E-state index contributed by atoms with van der Waals surface area (Å²) in [6.45, 7) is 6.22. The van der Waals surface area contributed by atoms with Crippen molar-refractivity contribution in [1.29, 1.82) is 0 Å². The number of amides is 2. The molecule has 0 N–H and O–H groups in total. The van der Waals surface area contributed by atoms with Gasteiger partial charge >= 0.3 is 0 Å². The Kier molecular flexibility index (Phi) is 4.90. The first-order valence-electron chi connectivity index (χ1n) is 8.00. The van der Waals surface area contributed by atoms with E-state index in [1.54, 1.807) is 29.9 Å². The van der Waals surface area contributed by atoms with E-state index in [-0.39, 0.29) is 11.8 Å². The summed E-state index contributed by atoms with van der Waals surface area (Å²) in [5, 5.41) is 1.85. The largest absolute Gasteiger partial charge is 0.497 e. The molecule has 1 aliphatic heterocycles. The summed E-state index contributed by atoms with van der Waals surface area (Å²) in [5.74, 6) is 0.550. The second-order valence-corrected chi connectivity index (χ2v) is 6.75. The second kappa shape index (κ2) is 7.11. The molecule has 25 heavy (non-hydrogen) atoms. The van der Waals surface area contributed by atoms with E-state index >= 15 is 0 Å². The van der Waals surface area contributed by atoms with Crippen molar-refractivity contribution in [3.8, 4) is 5.75 Å². The van der Waals surface area contributed by atoms with Gasteiger partial charge in [-0.15, -0.1) is 17.9 Å². The van der Waals surface area contributed by atoms with Gasteiger partial charge in [-0.3, -0.25) is 9.59 Å². The normalized spacial score (nSPS) is 17.3. The van der Waals surface area contributed by atoms with Crippen molar-refractivity contribution in [1.82, 2.24) is 4.90 Å². The standard InChI is InChI=1S/C19H20N2O3S/c1-4-10-20-13(2)18(22)21(16-9-11-25-17(16)19(20)23)12-14-5-7-15(24-3)8-6-14/h4-9,11,13H,1,10,12H2,2-3H3/t13-/m0/s1. The molecule has 0 saturated heterocycles. The van der Waals surface area contributed by atoms with Crippen LogP contribution < -0.4 is 9.64 Å². The maximum absolute atomic E-state index is 13.0. The van der Waals surface area contributed by atoms with Crippen molar-refractivity contribution in [3.63, 3.8) is 0 Å². The molecule has 3 rings (SSSR count). The first-order valence-corrected chi connectivity index (χ1v) is 8.88. The topological polar surface area (TPSA) is 49.9 Å². The Morgan fingerprint density at radius 2 is 1.96 bits per heavy atom. The summed E-state index contributed by atoms with van der Waals surface area (Å²) in [5.41, 5.74) is 1.65. The number of thiophene rings is 1. The molecular weight excluding hydrogens is 336 g/mol. The Morgan fingerprint density at radius 3 is 2.60 bits per heavy atom. The molecule has 1 aliphatic rings. The van der Waals surface area contributed by atoms with Gasteiger partial charge < -0.3 is 14.5 Å². The molecule has 0 aliphatic carbocycles. The van der Waals surface area contributed by atoms with Crippen LogP contribution in [-0.4, -0.2) is 36.4 Å². The van der Waals surface area contributed by atoms with E-state index in [2.05, 4.69) is 6.58 Å². The van der Waals surface area contributed by atoms with Crippen LogP contribution in [0.15, 0.2) is 48.4 Å². The third-order valence-corrected chi connectivity index (χ3v) is 5.20. The summed E-state index contributed by atoms with van der Waals surface area (Å²) in [4.78, 5) is 29.7. The lowest BCUT2D eigenvalue weighted by atomic mass is 10.1. The van der Waals surface area contributed by atoms with Crippen LogP contribution in [0.5, 0.6) is 5.75 Å². The average molecular weight is 356 g/mol. The maximum atomic E-state index is 13.0. The fourth-order valence-corrected chi connectivity index (χ4v) is 3.77. The second-order valence-electron chi connectivity index (χ2n) is 5.83. The summed E-state index contributed by atoms with van der Waals surface area (Å²) in [7, 11) is 1.62. The molecule has 0 saturated carbocycles. The molecule has 130 valence electrons. The molecule has 2 heterocycles. The Morgan fingerprint density at radius 1 is 1.24 bits per heavy atom. The number of anilines is 1. The molecule has 5 nitrogen and oxygen atoms in total. The van der Waals surface area contributed by atoms with Gasteiger partial charge in [-0.05, 0) is 36.1 Å². The van der Waals surface area contributed by atoms with E-state index in [0.29, 0.717) is 23.7 Å². The molecule has 6 heteroatoms. The summed E-state index contributed by atoms with van der Waals surface area (Å²) in [6, 6.07) is 8.89. The highest BCUT2D eigenvalue weighted by Crippen LogP contribution is 2.33. The lowest BCUT2D eigenvalue weighted by molar-refractivity contribution is -0.122. The molecule has 1 aromatic heterocycles. The van der Waals surface area contributed by atoms with Gasteiger partial charge in [0.2, 0.25) is 5.91 Å². The van der Waals surface area contributed by atoms with Crippen LogP contribution in [-0.2, 0) is 11.3 Å². The molecule has 2 aromatic rings. The number of methoxy groups -OCH3 is 1. The zero-order valence-electron chi connectivity index (χ0n) is 14.3. The van der Waals surface area contributed by atoms with E-state index in [1.807, 2.05) is 35.7 Å². The molecule has 0 bridgehead atoms. The predicted octanol–water partition coefficient (Wildman–Crippen LogP) is 3.32. The van der Waals surface area contributed by atoms with E-state index in [9.17, 15) is 9.59 Å². The minimum Gasteiger partial charge on any atom is -0.497 e. The quantitative estimate of drug-likeness (QED) is 0.772. The molecule has 1 aromatic carbocycles. The van der Waals surface area contributed by atoms with Crippen molar-refractivity contribution >= 4 is 28.8 Å². The maximum Gasteiger partial charge on any atom is 0.267 e. The first-order chi connectivity index (χ1) is 12.1. The molecule has 0 spiro atoms. The monoisotopic (exact) mass is 356 g/mol. The van der Waals surface area contributed by atoms with Gasteiger partial charge in [0.1, 0.15) is 16.7 Å². The van der Waals surface area contributed by atoms with Crippen molar-refractivity contribution in [2.45, 2.75) is 19.5 Å². The molecule has 0 fully saturated rings. The predicted molar refractivity (Wildman–Crippen MR) is 99.2 cm³/mol. The molecule has 0 radical (unpaired) electrons. The highest BCUT2D eigenvalue weighted by atomic mass is 32.1. The Balaban J connectivity index is 1.97. The summed E-state index contributed by atoms with van der Waals surface area (Å²) in [6.07, 6.45) is 1.65. The number of hydrogen-bond donors (Lipinski definition) is 0. The van der Waals surface area contributed by atoms with E-state index in [1.165, 1.54) is 11.3 Å². The van der Waals surface area contributed by atoms with Gasteiger partial charge in [0.05, 0.1) is 19.3 Å². The van der Waals surface area contributed by atoms with Gasteiger partial charge in [-0.25, -0.2) is 0 Å². The van der Waals surface area contributed by atoms with Crippen molar-refractivity contribution in [3.05, 3.63) is 58.8 Å². The number of nitrogens with zero attached hydrogens (tertiary/aromatic N) is 2. The van der Waals surface area contributed by atoms with Gasteiger partial charge in [-0.1, -0.05) is 18.2 Å². The highest BCUT2D eigenvalue weighted by Gasteiger charge is 2.37. The lowest BCUT2D eigenvalue weighted by Crippen LogP contribution is -2.46. The number of carbonyl (C=O) groups excluding carboxylic acids is 2. The smallest absolute Gasteiger partial charge is 0.267 e.